The van der Waals surface area contributed by atoms with Crippen molar-refractivity contribution < 1.29 is 8.42 Å². The van der Waals surface area contributed by atoms with Gasteiger partial charge in [0.25, 0.3) is 0 Å². The Morgan fingerprint density at radius 3 is 2.54 bits per heavy atom. The SMILES string of the molecule is CCS(=O)(=O)Cc1nc(C)cn1C. The van der Waals surface area contributed by atoms with Crippen LogP contribution in [0.1, 0.15) is 18.4 Å². The summed E-state index contributed by atoms with van der Waals surface area (Å²) in [6, 6.07) is 0. The van der Waals surface area contributed by atoms with Crippen molar-refractivity contribution >= 4 is 9.84 Å². The van der Waals surface area contributed by atoms with Crippen molar-refractivity contribution in [1.29, 1.82) is 0 Å². The third-order valence-corrected chi connectivity index (χ3v) is 3.46. The van der Waals surface area contributed by atoms with Crippen molar-refractivity contribution in [3.05, 3.63) is 17.7 Å². The van der Waals surface area contributed by atoms with E-state index in [1.165, 1.54) is 0 Å². The predicted molar refractivity (Wildman–Crippen MR) is 51.1 cm³/mol. The van der Waals surface area contributed by atoms with Crippen LogP contribution in [0.15, 0.2) is 6.20 Å². The summed E-state index contributed by atoms with van der Waals surface area (Å²) in [4.78, 5) is 4.13. The molecule has 1 aromatic heterocycles. The molecule has 0 N–H and O–H groups in total. The van der Waals surface area contributed by atoms with Gasteiger partial charge in [-0.05, 0) is 6.92 Å². The first-order chi connectivity index (χ1) is 5.94. The van der Waals surface area contributed by atoms with Crippen LogP contribution >= 0.6 is 0 Å². The number of aromatic nitrogens is 2. The van der Waals surface area contributed by atoms with E-state index in [9.17, 15) is 8.42 Å². The van der Waals surface area contributed by atoms with Gasteiger partial charge < -0.3 is 4.57 Å². The Balaban J connectivity index is 2.92. The maximum atomic E-state index is 11.3. The lowest BCUT2D eigenvalue weighted by molar-refractivity contribution is 0.593. The third kappa shape index (κ3) is 2.55. The van der Waals surface area contributed by atoms with Gasteiger partial charge in [-0.3, -0.25) is 0 Å². The Morgan fingerprint density at radius 1 is 1.54 bits per heavy atom. The summed E-state index contributed by atoms with van der Waals surface area (Å²) < 4.78 is 24.3. The lowest BCUT2D eigenvalue weighted by Crippen LogP contribution is -2.10. The van der Waals surface area contributed by atoms with E-state index in [2.05, 4.69) is 4.98 Å². The fourth-order valence-electron chi connectivity index (χ4n) is 1.10. The molecule has 0 bridgehead atoms. The number of nitrogens with zero attached hydrogens (tertiary/aromatic N) is 2. The van der Waals surface area contributed by atoms with E-state index in [4.69, 9.17) is 0 Å². The number of imidazole rings is 1. The minimum absolute atomic E-state index is 0.0356. The van der Waals surface area contributed by atoms with Crippen LogP contribution in [0.4, 0.5) is 0 Å². The summed E-state index contributed by atoms with van der Waals surface area (Å²) in [5.74, 6) is 0.812. The molecule has 0 saturated heterocycles. The maximum Gasteiger partial charge on any atom is 0.157 e. The van der Waals surface area contributed by atoms with Gasteiger partial charge in [0.05, 0.1) is 5.69 Å². The summed E-state index contributed by atoms with van der Waals surface area (Å²) >= 11 is 0. The highest BCUT2D eigenvalue weighted by molar-refractivity contribution is 7.90. The van der Waals surface area contributed by atoms with Crippen molar-refractivity contribution in [1.82, 2.24) is 9.55 Å². The number of rotatable bonds is 3. The predicted octanol–water partition coefficient (Wildman–Crippen LogP) is 0.663. The van der Waals surface area contributed by atoms with Gasteiger partial charge in [0, 0.05) is 19.0 Å². The monoisotopic (exact) mass is 202 g/mol. The molecule has 0 spiro atoms. The fraction of sp³-hybridized carbons (Fsp3) is 0.625. The molecule has 1 rings (SSSR count). The molecule has 13 heavy (non-hydrogen) atoms. The summed E-state index contributed by atoms with van der Waals surface area (Å²) in [5.41, 5.74) is 0.851. The molecular weight excluding hydrogens is 188 g/mol. The molecule has 1 heterocycles. The van der Waals surface area contributed by atoms with Gasteiger partial charge in [0.1, 0.15) is 11.6 Å². The number of hydrogen-bond donors (Lipinski definition) is 0. The molecule has 1 aromatic rings. The van der Waals surface area contributed by atoms with Gasteiger partial charge in [0.2, 0.25) is 0 Å². The Labute approximate surface area is 78.5 Å². The molecule has 0 aliphatic carbocycles. The average Bonchev–Trinajstić information content (AvgIpc) is 2.30. The summed E-state index contributed by atoms with van der Waals surface area (Å²) in [6.45, 7) is 3.49. The molecule has 74 valence electrons. The average molecular weight is 202 g/mol. The smallest absolute Gasteiger partial charge is 0.157 e. The highest BCUT2D eigenvalue weighted by Gasteiger charge is 2.12. The van der Waals surface area contributed by atoms with Crippen molar-refractivity contribution in [2.45, 2.75) is 19.6 Å². The number of hydrogen-bond acceptors (Lipinski definition) is 3. The molecule has 0 radical (unpaired) electrons. The number of sulfone groups is 1. The molecule has 0 unspecified atom stereocenters. The van der Waals surface area contributed by atoms with Crippen LogP contribution < -0.4 is 0 Å². The van der Waals surface area contributed by atoms with Gasteiger partial charge in [0.15, 0.2) is 9.84 Å². The highest BCUT2D eigenvalue weighted by atomic mass is 32.2. The minimum Gasteiger partial charge on any atom is -0.337 e. The summed E-state index contributed by atoms with van der Waals surface area (Å²) in [5, 5.41) is 0. The second-order valence-corrected chi connectivity index (χ2v) is 5.44. The Bertz CT molecular complexity index is 392. The van der Waals surface area contributed by atoms with Crippen LogP contribution in [-0.4, -0.2) is 23.7 Å². The maximum absolute atomic E-state index is 11.3. The van der Waals surface area contributed by atoms with Crippen LogP contribution in [0.3, 0.4) is 0 Å². The van der Waals surface area contributed by atoms with Crippen molar-refractivity contribution in [2.24, 2.45) is 7.05 Å². The van der Waals surface area contributed by atoms with E-state index < -0.39 is 9.84 Å². The zero-order valence-corrected chi connectivity index (χ0v) is 8.93. The Hall–Kier alpha value is -0.840. The summed E-state index contributed by atoms with van der Waals surface area (Å²) in [6.07, 6.45) is 1.82. The molecule has 4 nitrogen and oxygen atoms in total. The molecule has 0 atom stereocenters. The number of aryl methyl sites for hydroxylation is 2. The van der Waals surface area contributed by atoms with Crippen molar-refractivity contribution in [3.8, 4) is 0 Å². The molecular formula is C8H14N2O2S. The van der Waals surface area contributed by atoms with E-state index in [1.807, 2.05) is 13.1 Å². The lowest BCUT2D eigenvalue weighted by atomic mass is 10.6. The van der Waals surface area contributed by atoms with Gasteiger partial charge in [-0.2, -0.15) is 0 Å². The highest BCUT2D eigenvalue weighted by Crippen LogP contribution is 2.05. The summed E-state index contributed by atoms with van der Waals surface area (Å²) in [7, 11) is -1.16. The quantitative estimate of drug-likeness (QED) is 0.723. The fourth-order valence-corrected chi connectivity index (χ4v) is 1.96. The van der Waals surface area contributed by atoms with E-state index in [-0.39, 0.29) is 11.5 Å². The lowest BCUT2D eigenvalue weighted by Gasteiger charge is -2.00. The van der Waals surface area contributed by atoms with Gasteiger partial charge in [-0.25, -0.2) is 13.4 Å². The van der Waals surface area contributed by atoms with Crippen molar-refractivity contribution in [3.63, 3.8) is 0 Å². The van der Waals surface area contributed by atoms with E-state index in [0.29, 0.717) is 5.82 Å². The molecule has 0 fully saturated rings. The third-order valence-electron chi connectivity index (χ3n) is 1.88. The zero-order valence-electron chi connectivity index (χ0n) is 8.11. The Kier molecular flexibility index (Phi) is 2.75. The van der Waals surface area contributed by atoms with Crippen LogP contribution in [0.5, 0.6) is 0 Å². The van der Waals surface area contributed by atoms with Crippen molar-refractivity contribution in [2.75, 3.05) is 5.75 Å². The second kappa shape index (κ2) is 3.49. The van der Waals surface area contributed by atoms with Crippen LogP contribution in [0.25, 0.3) is 0 Å². The molecule has 0 aliphatic rings. The largest absolute Gasteiger partial charge is 0.337 e. The van der Waals surface area contributed by atoms with E-state index in [1.54, 1.807) is 18.5 Å². The second-order valence-electron chi connectivity index (χ2n) is 3.09. The van der Waals surface area contributed by atoms with Gasteiger partial charge in [-0.1, -0.05) is 6.92 Å². The first kappa shape index (κ1) is 10.2. The van der Waals surface area contributed by atoms with E-state index in [0.717, 1.165) is 5.69 Å². The van der Waals surface area contributed by atoms with Crippen LogP contribution in [0.2, 0.25) is 0 Å². The Morgan fingerprint density at radius 2 is 2.15 bits per heavy atom. The topological polar surface area (TPSA) is 52.0 Å². The molecule has 5 heteroatoms. The first-order valence-electron chi connectivity index (χ1n) is 4.14. The molecule has 0 saturated carbocycles. The zero-order chi connectivity index (χ0) is 10.1. The first-order valence-corrected chi connectivity index (χ1v) is 5.96. The van der Waals surface area contributed by atoms with Gasteiger partial charge >= 0.3 is 0 Å². The molecule has 0 aromatic carbocycles. The van der Waals surface area contributed by atoms with E-state index >= 15 is 0 Å². The normalized spacial score (nSPS) is 11.9. The van der Waals surface area contributed by atoms with Crippen LogP contribution in [-0.2, 0) is 22.6 Å². The van der Waals surface area contributed by atoms with Crippen LogP contribution in [0, 0.1) is 6.92 Å². The standard InChI is InChI=1S/C8H14N2O2S/c1-4-13(11,12)6-8-9-7(2)5-10(8)3/h5H,4,6H2,1-3H3. The molecule has 0 aliphatic heterocycles. The van der Waals surface area contributed by atoms with Gasteiger partial charge in [-0.15, -0.1) is 0 Å². The molecule has 0 amide bonds. The minimum atomic E-state index is -2.97.